The van der Waals surface area contributed by atoms with Crippen molar-refractivity contribution in [1.29, 1.82) is 0 Å². The largest absolute Gasteiger partial charge is 0.677 e. The fourth-order valence-corrected chi connectivity index (χ4v) is 2.55. The van der Waals surface area contributed by atoms with Crippen LogP contribution in [0.1, 0.15) is 6.92 Å². The third-order valence-electron chi connectivity index (χ3n) is 3.49. The molecule has 14 heavy (non-hydrogen) atoms. The standard InChI is InChI=1S/C10H16N3O/c1-5-2-6-8(4-13-10(6)14)7(3-11)9(5)12/h2,6-9,11H,3-4,12H2,1H3,(H,13,14)/q-1/t6-,7+,8+,9+/m0/s1. The van der Waals surface area contributed by atoms with Crippen LogP contribution < -0.4 is 11.1 Å². The number of hydrogen-bond donors (Lipinski definition) is 2. The Kier molecular flexibility index (Phi) is 2.33. The SMILES string of the molecule is CC1=C[C@@H]2C(=O)NC[C@H]2[C@@H](C[NH-])[C@@H]1N. The topological polar surface area (TPSA) is 78.9 Å². The Balaban J connectivity index is 2.31. The summed E-state index contributed by atoms with van der Waals surface area (Å²) in [4.78, 5) is 11.5. The van der Waals surface area contributed by atoms with Gasteiger partial charge >= 0.3 is 0 Å². The van der Waals surface area contributed by atoms with Crippen LogP contribution in [-0.2, 0) is 4.79 Å². The molecule has 1 aliphatic carbocycles. The zero-order valence-electron chi connectivity index (χ0n) is 8.29. The highest BCUT2D eigenvalue weighted by Crippen LogP contribution is 2.36. The molecule has 78 valence electrons. The van der Waals surface area contributed by atoms with Gasteiger partial charge in [0.2, 0.25) is 5.91 Å². The van der Waals surface area contributed by atoms with Gasteiger partial charge in [-0.1, -0.05) is 11.6 Å². The number of nitrogens with two attached hydrogens (primary N) is 1. The number of hydrogen-bond acceptors (Lipinski definition) is 2. The van der Waals surface area contributed by atoms with Gasteiger partial charge in [0.15, 0.2) is 0 Å². The Hall–Kier alpha value is -0.870. The predicted octanol–water partition coefficient (Wildman–Crippen LogP) is 0.304. The average molecular weight is 194 g/mol. The zero-order valence-corrected chi connectivity index (χ0v) is 8.29. The Labute approximate surface area is 83.7 Å². The maximum atomic E-state index is 11.5. The van der Waals surface area contributed by atoms with Crippen molar-refractivity contribution in [3.63, 3.8) is 0 Å². The van der Waals surface area contributed by atoms with Crippen molar-refractivity contribution in [3.05, 3.63) is 17.4 Å². The van der Waals surface area contributed by atoms with E-state index in [-0.39, 0.29) is 29.7 Å². The summed E-state index contributed by atoms with van der Waals surface area (Å²) in [5.74, 6) is 0.424. The molecule has 1 fully saturated rings. The number of nitrogens with one attached hydrogen (secondary N) is 2. The van der Waals surface area contributed by atoms with E-state index in [1.165, 1.54) is 0 Å². The minimum Gasteiger partial charge on any atom is -0.677 e. The normalized spacial score (nSPS) is 41.6. The molecule has 0 aromatic rings. The number of amides is 1. The molecule has 1 saturated heterocycles. The summed E-state index contributed by atoms with van der Waals surface area (Å²) < 4.78 is 0. The van der Waals surface area contributed by atoms with Crippen molar-refractivity contribution in [3.8, 4) is 0 Å². The van der Waals surface area contributed by atoms with E-state index >= 15 is 0 Å². The van der Waals surface area contributed by atoms with E-state index in [0.717, 1.165) is 5.57 Å². The second-order valence-corrected chi connectivity index (χ2v) is 4.24. The summed E-state index contributed by atoms with van der Waals surface area (Å²) in [5, 5.41) is 2.84. The van der Waals surface area contributed by atoms with Gasteiger partial charge in [0.25, 0.3) is 0 Å². The summed E-state index contributed by atoms with van der Waals surface area (Å²) in [7, 11) is 0. The molecule has 2 rings (SSSR count). The minimum atomic E-state index is -0.0403. The highest BCUT2D eigenvalue weighted by atomic mass is 16.2. The maximum absolute atomic E-state index is 11.5. The van der Waals surface area contributed by atoms with Crippen LogP contribution in [0, 0.1) is 17.8 Å². The van der Waals surface area contributed by atoms with Crippen LogP contribution in [0.4, 0.5) is 0 Å². The Bertz CT molecular complexity index is 287. The van der Waals surface area contributed by atoms with Gasteiger partial charge in [0.1, 0.15) is 0 Å². The Morgan fingerprint density at radius 3 is 3.07 bits per heavy atom. The highest BCUT2D eigenvalue weighted by molar-refractivity contribution is 5.83. The molecule has 0 unspecified atom stereocenters. The lowest BCUT2D eigenvalue weighted by Gasteiger charge is -2.37. The minimum absolute atomic E-state index is 0.0369. The predicted molar refractivity (Wildman–Crippen MR) is 54.4 cm³/mol. The molecule has 1 amide bonds. The van der Waals surface area contributed by atoms with Crippen molar-refractivity contribution in [2.75, 3.05) is 13.1 Å². The van der Waals surface area contributed by atoms with Crippen LogP contribution in [0.3, 0.4) is 0 Å². The molecular weight excluding hydrogens is 178 g/mol. The van der Waals surface area contributed by atoms with Crippen molar-refractivity contribution in [2.24, 2.45) is 23.5 Å². The van der Waals surface area contributed by atoms with E-state index in [9.17, 15) is 4.79 Å². The molecule has 0 aromatic carbocycles. The Morgan fingerprint density at radius 2 is 2.43 bits per heavy atom. The average Bonchev–Trinajstić information content (AvgIpc) is 2.51. The summed E-state index contributed by atoms with van der Waals surface area (Å²) in [5.41, 5.74) is 14.6. The first kappa shape index (κ1) is 9.68. The molecule has 0 radical (unpaired) electrons. The summed E-state index contributed by atoms with van der Waals surface area (Å²) in [6.07, 6.45) is 1.98. The van der Waals surface area contributed by atoms with Crippen LogP contribution in [0.5, 0.6) is 0 Å². The van der Waals surface area contributed by atoms with Gasteiger partial charge in [-0.25, -0.2) is 0 Å². The van der Waals surface area contributed by atoms with Crippen molar-refractivity contribution in [1.82, 2.24) is 5.32 Å². The van der Waals surface area contributed by atoms with Crippen LogP contribution in [0.25, 0.3) is 5.73 Å². The van der Waals surface area contributed by atoms with Crippen molar-refractivity contribution in [2.45, 2.75) is 13.0 Å². The number of carbonyl (C=O) groups is 1. The number of rotatable bonds is 1. The van der Waals surface area contributed by atoms with E-state index in [4.69, 9.17) is 11.5 Å². The van der Waals surface area contributed by atoms with Gasteiger partial charge < -0.3 is 16.8 Å². The molecule has 4 nitrogen and oxygen atoms in total. The van der Waals surface area contributed by atoms with E-state index in [0.29, 0.717) is 13.1 Å². The first-order chi connectivity index (χ1) is 6.65. The first-order valence-corrected chi connectivity index (χ1v) is 5.01. The molecule has 4 N–H and O–H groups in total. The van der Waals surface area contributed by atoms with Crippen LogP contribution in [0.2, 0.25) is 0 Å². The molecule has 1 aliphatic heterocycles. The van der Waals surface area contributed by atoms with Crippen LogP contribution >= 0.6 is 0 Å². The van der Waals surface area contributed by atoms with Crippen molar-refractivity contribution >= 4 is 5.91 Å². The summed E-state index contributed by atoms with van der Waals surface area (Å²) in [6.45, 7) is 2.95. The number of carbonyl (C=O) groups excluding carboxylic acids is 1. The molecule has 0 bridgehead atoms. The lowest BCUT2D eigenvalue weighted by atomic mass is 9.72. The molecule has 4 heteroatoms. The van der Waals surface area contributed by atoms with Gasteiger partial charge in [-0.2, -0.15) is 0 Å². The van der Waals surface area contributed by atoms with Gasteiger partial charge in [-0.15, -0.1) is 6.54 Å². The maximum Gasteiger partial charge on any atom is 0.227 e. The molecule has 1 heterocycles. The lowest BCUT2D eigenvalue weighted by Crippen LogP contribution is -2.43. The highest BCUT2D eigenvalue weighted by Gasteiger charge is 2.42. The lowest BCUT2D eigenvalue weighted by molar-refractivity contribution is -0.122. The second kappa shape index (κ2) is 3.37. The molecule has 4 atom stereocenters. The van der Waals surface area contributed by atoms with E-state index < -0.39 is 0 Å². The van der Waals surface area contributed by atoms with E-state index in [2.05, 4.69) is 5.32 Å². The zero-order chi connectivity index (χ0) is 10.3. The van der Waals surface area contributed by atoms with Crippen molar-refractivity contribution < 1.29 is 4.79 Å². The summed E-state index contributed by atoms with van der Waals surface area (Å²) >= 11 is 0. The quantitative estimate of drug-likeness (QED) is 0.589. The second-order valence-electron chi connectivity index (χ2n) is 4.24. The third-order valence-corrected chi connectivity index (χ3v) is 3.49. The molecule has 0 saturated carbocycles. The Morgan fingerprint density at radius 1 is 1.71 bits per heavy atom. The fraction of sp³-hybridized carbons (Fsp3) is 0.700. The van der Waals surface area contributed by atoms with Crippen LogP contribution in [-0.4, -0.2) is 25.0 Å². The molecular formula is C10H16N3O-. The third kappa shape index (κ3) is 1.26. The van der Waals surface area contributed by atoms with Gasteiger partial charge in [0.05, 0.1) is 5.92 Å². The summed E-state index contributed by atoms with van der Waals surface area (Å²) in [6, 6.07) is -0.0403. The first-order valence-electron chi connectivity index (χ1n) is 5.01. The van der Waals surface area contributed by atoms with Crippen LogP contribution in [0.15, 0.2) is 11.6 Å². The van der Waals surface area contributed by atoms with Gasteiger partial charge in [0, 0.05) is 12.6 Å². The molecule has 2 aliphatic rings. The van der Waals surface area contributed by atoms with Gasteiger partial charge in [-0.05, 0) is 18.8 Å². The van der Waals surface area contributed by atoms with E-state index in [1.54, 1.807) is 0 Å². The van der Waals surface area contributed by atoms with E-state index in [1.807, 2.05) is 13.0 Å². The van der Waals surface area contributed by atoms with Gasteiger partial charge in [-0.3, -0.25) is 4.79 Å². The fourth-order valence-electron chi connectivity index (χ4n) is 2.55. The monoisotopic (exact) mass is 194 g/mol. The molecule has 0 spiro atoms. The number of fused-ring (bicyclic) bond motifs is 1. The smallest absolute Gasteiger partial charge is 0.227 e. The molecule has 0 aromatic heterocycles.